The van der Waals surface area contributed by atoms with Crippen LogP contribution in [0.4, 0.5) is 0 Å². The molecule has 10 nitrogen and oxygen atoms in total. The van der Waals surface area contributed by atoms with E-state index >= 15 is 0 Å². The topological polar surface area (TPSA) is 169 Å². The second-order valence-corrected chi connectivity index (χ2v) is 14.9. The molecule has 0 bridgehead atoms. The predicted molar refractivity (Wildman–Crippen MR) is 209 cm³/mol. The van der Waals surface area contributed by atoms with Crippen LogP contribution in [-0.4, -0.2) is 98.7 Å². The molecule has 0 aromatic heterocycles. The molecule has 1 rings (SSSR count). The van der Waals surface area contributed by atoms with Gasteiger partial charge in [0.05, 0.1) is 25.4 Å². The van der Waals surface area contributed by atoms with Gasteiger partial charge in [-0.1, -0.05) is 167 Å². The van der Waals surface area contributed by atoms with Crippen LogP contribution in [0.15, 0.2) is 24.3 Å². The van der Waals surface area contributed by atoms with E-state index in [0.717, 1.165) is 32.1 Å². The second-order valence-electron chi connectivity index (χ2n) is 14.9. The summed E-state index contributed by atoms with van der Waals surface area (Å²) in [6.07, 6.45) is 27.0. The number of carbonyl (C=O) groups is 1. The van der Waals surface area contributed by atoms with Crippen molar-refractivity contribution in [2.75, 3.05) is 13.2 Å². The van der Waals surface area contributed by atoms with Crippen molar-refractivity contribution in [1.82, 2.24) is 5.32 Å². The van der Waals surface area contributed by atoms with Crippen LogP contribution < -0.4 is 5.32 Å². The van der Waals surface area contributed by atoms with Gasteiger partial charge >= 0.3 is 0 Å². The molecule has 0 aliphatic carbocycles. The number of aliphatic hydroxyl groups is 6. The third-order valence-electron chi connectivity index (χ3n) is 10.1. The molecular formula is C42H79NO9. The Morgan fingerprint density at radius 2 is 1.13 bits per heavy atom. The highest BCUT2D eigenvalue weighted by Crippen LogP contribution is 2.22. The maximum atomic E-state index is 13.0. The summed E-state index contributed by atoms with van der Waals surface area (Å²) in [6.45, 7) is 3.56. The molecule has 0 spiro atoms. The minimum atomic E-state index is -1.61. The summed E-state index contributed by atoms with van der Waals surface area (Å²) in [5, 5.41) is 64.4. The van der Waals surface area contributed by atoms with Gasteiger partial charge in [-0.25, -0.2) is 0 Å². The Labute approximate surface area is 316 Å². The van der Waals surface area contributed by atoms with Crippen LogP contribution in [0, 0.1) is 0 Å². The summed E-state index contributed by atoms with van der Waals surface area (Å²) in [7, 11) is 0. The number of ether oxygens (including phenoxy) is 2. The van der Waals surface area contributed by atoms with Crippen LogP contribution in [0.5, 0.6) is 0 Å². The van der Waals surface area contributed by atoms with Gasteiger partial charge in [-0.15, -0.1) is 0 Å². The first-order valence-electron chi connectivity index (χ1n) is 21.2. The molecule has 7 N–H and O–H groups in total. The fourth-order valence-corrected chi connectivity index (χ4v) is 6.59. The van der Waals surface area contributed by atoms with Crippen molar-refractivity contribution in [3.8, 4) is 0 Å². The van der Waals surface area contributed by atoms with Crippen molar-refractivity contribution in [3.63, 3.8) is 0 Å². The van der Waals surface area contributed by atoms with Crippen molar-refractivity contribution in [1.29, 1.82) is 0 Å². The summed E-state index contributed by atoms with van der Waals surface area (Å²) in [6, 6.07) is -0.991. The van der Waals surface area contributed by atoms with E-state index in [4.69, 9.17) is 9.47 Å². The Bertz CT molecular complexity index is 886. The molecule has 1 heterocycles. The number of allylic oxidation sites excluding steroid dienone is 3. The quantitative estimate of drug-likeness (QED) is 0.0274. The SMILES string of the molecule is CCCCCCCCCCCC/C=C/CC/C=C/C(O)C(COC1OC(CO)C(O)C(O)C1O)NC(=O)C(O)CCCCCCCCCCCCC. The predicted octanol–water partition coefficient (Wildman–Crippen LogP) is 6.91. The Balaban J connectivity index is 2.50. The summed E-state index contributed by atoms with van der Waals surface area (Å²) in [4.78, 5) is 13.0. The van der Waals surface area contributed by atoms with E-state index in [1.54, 1.807) is 6.08 Å². The number of hydrogen-bond donors (Lipinski definition) is 7. The van der Waals surface area contributed by atoms with E-state index in [2.05, 4.69) is 31.3 Å². The molecule has 8 unspecified atom stereocenters. The number of unbranched alkanes of at least 4 members (excludes halogenated alkanes) is 21. The van der Waals surface area contributed by atoms with Gasteiger partial charge in [-0.05, 0) is 32.1 Å². The normalized spacial score (nSPS) is 22.7. The Hall–Kier alpha value is -1.37. The monoisotopic (exact) mass is 742 g/mol. The minimum absolute atomic E-state index is 0.306. The lowest BCUT2D eigenvalue weighted by Crippen LogP contribution is -2.60. The molecular weight excluding hydrogens is 662 g/mol. The summed E-state index contributed by atoms with van der Waals surface area (Å²) in [5.41, 5.74) is 0. The average Bonchev–Trinajstić information content (AvgIpc) is 3.14. The average molecular weight is 742 g/mol. The van der Waals surface area contributed by atoms with Crippen molar-refractivity contribution >= 4 is 5.91 Å². The zero-order chi connectivity index (χ0) is 38.2. The Morgan fingerprint density at radius 1 is 0.654 bits per heavy atom. The van der Waals surface area contributed by atoms with E-state index in [1.165, 1.54) is 109 Å². The highest BCUT2D eigenvalue weighted by molar-refractivity contribution is 5.80. The number of amides is 1. The summed E-state index contributed by atoms with van der Waals surface area (Å²) in [5.74, 6) is -0.628. The maximum absolute atomic E-state index is 13.0. The van der Waals surface area contributed by atoms with Crippen LogP contribution in [0.25, 0.3) is 0 Å². The molecule has 1 aliphatic heterocycles. The lowest BCUT2D eigenvalue weighted by Gasteiger charge is -2.40. The van der Waals surface area contributed by atoms with E-state index in [-0.39, 0.29) is 6.61 Å². The molecule has 0 aromatic carbocycles. The van der Waals surface area contributed by atoms with E-state index < -0.39 is 61.5 Å². The first-order valence-corrected chi connectivity index (χ1v) is 21.2. The second kappa shape index (κ2) is 33.0. The molecule has 52 heavy (non-hydrogen) atoms. The standard InChI is InChI=1S/C42H79NO9/c1-3-5-7-9-11-13-15-16-17-18-19-21-22-24-26-28-30-35(45)34(33-51-42-40(49)39(48)38(47)37(32-44)52-42)43-41(50)36(46)31-29-27-25-23-20-14-12-10-8-6-4-2/h21-22,28,30,34-40,42,44-49H,3-20,23-27,29,31-33H2,1-2H3,(H,43,50)/b22-21+,30-28+. The maximum Gasteiger partial charge on any atom is 0.249 e. The fourth-order valence-electron chi connectivity index (χ4n) is 6.59. The zero-order valence-corrected chi connectivity index (χ0v) is 32.9. The number of aliphatic hydroxyl groups excluding tert-OH is 6. The highest BCUT2D eigenvalue weighted by atomic mass is 16.7. The van der Waals surface area contributed by atoms with E-state index in [9.17, 15) is 35.4 Å². The molecule has 0 aromatic rings. The highest BCUT2D eigenvalue weighted by Gasteiger charge is 2.44. The van der Waals surface area contributed by atoms with Gasteiger partial charge in [0.25, 0.3) is 0 Å². The molecule has 8 atom stereocenters. The lowest BCUT2D eigenvalue weighted by atomic mass is 9.99. The molecule has 0 radical (unpaired) electrons. The molecule has 1 aliphatic rings. The van der Waals surface area contributed by atoms with Gasteiger partial charge in [0.1, 0.15) is 30.5 Å². The molecule has 1 saturated heterocycles. The van der Waals surface area contributed by atoms with Crippen molar-refractivity contribution in [2.45, 2.75) is 223 Å². The first kappa shape index (κ1) is 48.6. The fraction of sp³-hybridized carbons (Fsp3) is 0.881. The number of carbonyl (C=O) groups excluding carboxylic acids is 1. The van der Waals surface area contributed by atoms with Crippen molar-refractivity contribution < 1.29 is 44.9 Å². The Kier molecular flexibility index (Phi) is 30.9. The molecule has 1 amide bonds. The molecule has 306 valence electrons. The molecule has 1 fully saturated rings. The van der Waals surface area contributed by atoms with Crippen molar-refractivity contribution in [3.05, 3.63) is 24.3 Å². The third-order valence-corrected chi connectivity index (χ3v) is 10.1. The summed E-state index contributed by atoms with van der Waals surface area (Å²) >= 11 is 0. The van der Waals surface area contributed by atoms with Gasteiger partial charge in [0.15, 0.2) is 6.29 Å². The number of hydrogen-bond acceptors (Lipinski definition) is 9. The summed E-state index contributed by atoms with van der Waals surface area (Å²) < 4.78 is 11.1. The van der Waals surface area contributed by atoms with Gasteiger partial charge < -0.3 is 45.4 Å². The van der Waals surface area contributed by atoms with Crippen LogP contribution in [0.1, 0.15) is 174 Å². The molecule has 10 heteroatoms. The Morgan fingerprint density at radius 3 is 1.67 bits per heavy atom. The lowest BCUT2D eigenvalue weighted by molar-refractivity contribution is -0.302. The van der Waals surface area contributed by atoms with Crippen LogP contribution in [0.3, 0.4) is 0 Å². The van der Waals surface area contributed by atoms with E-state index in [0.29, 0.717) is 19.3 Å². The van der Waals surface area contributed by atoms with Crippen LogP contribution in [0.2, 0.25) is 0 Å². The van der Waals surface area contributed by atoms with Crippen molar-refractivity contribution in [2.24, 2.45) is 0 Å². The van der Waals surface area contributed by atoms with Gasteiger partial charge in [0.2, 0.25) is 5.91 Å². The van der Waals surface area contributed by atoms with Crippen LogP contribution >= 0.6 is 0 Å². The number of rotatable bonds is 34. The largest absolute Gasteiger partial charge is 0.394 e. The van der Waals surface area contributed by atoms with Crippen LogP contribution in [-0.2, 0) is 14.3 Å². The van der Waals surface area contributed by atoms with Gasteiger partial charge in [-0.3, -0.25) is 4.79 Å². The minimum Gasteiger partial charge on any atom is -0.394 e. The van der Waals surface area contributed by atoms with E-state index in [1.807, 2.05) is 6.08 Å². The zero-order valence-electron chi connectivity index (χ0n) is 32.9. The first-order chi connectivity index (χ1) is 25.3. The van der Waals surface area contributed by atoms with Gasteiger partial charge in [-0.2, -0.15) is 0 Å². The molecule has 0 saturated carbocycles. The third kappa shape index (κ3) is 23.4. The number of nitrogens with one attached hydrogen (secondary N) is 1. The van der Waals surface area contributed by atoms with Gasteiger partial charge in [0, 0.05) is 0 Å². The smallest absolute Gasteiger partial charge is 0.249 e.